The molecule has 3 heteroatoms. The second kappa shape index (κ2) is 5.58. The third-order valence-electron chi connectivity index (χ3n) is 4.22. The Hall–Kier alpha value is -0.270. The highest BCUT2D eigenvalue weighted by Gasteiger charge is 2.38. The molecule has 1 aliphatic carbocycles. The molecule has 1 aromatic rings. The summed E-state index contributed by atoms with van der Waals surface area (Å²) in [5.41, 5.74) is 1.45. The van der Waals surface area contributed by atoms with Crippen LogP contribution in [0.1, 0.15) is 44.6 Å². The van der Waals surface area contributed by atoms with E-state index in [1.165, 1.54) is 32.1 Å². The zero-order valence-electron chi connectivity index (χ0n) is 10.3. The van der Waals surface area contributed by atoms with Crippen molar-refractivity contribution >= 4 is 23.2 Å². The maximum atomic E-state index is 6.67. The Bertz CT molecular complexity index is 372. The molecule has 0 bridgehead atoms. The second-order valence-electron chi connectivity index (χ2n) is 5.06. The molecule has 1 atom stereocenters. The van der Waals surface area contributed by atoms with E-state index in [0.29, 0.717) is 5.41 Å². The van der Waals surface area contributed by atoms with Gasteiger partial charge in [-0.25, -0.2) is 0 Å². The summed E-state index contributed by atoms with van der Waals surface area (Å²) >= 11 is 12.8. The Morgan fingerprint density at radius 2 is 2.12 bits per heavy atom. The van der Waals surface area contributed by atoms with E-state index in [-0.39, 0.29) is 5.38 Å². The summed E-state index contributed by atoms with van der Waals surface area (Å²) in [6.07, 6.45) is 10.7. The van der Waals surface area contributed by atoms with Crippen LogP contribution in [-0.2, 0) is 6.42 Å². The number of hydrogen-bond donors (Lipinski definition) is 0. The number of pyridine rings is 1. The quantitative estimate of drug-likeness (QED) is 0.713. The molecule has 0 radical (unpaired) electrons. The Balaban J connectivity index is 2.10. The van der Waals surface area contributed by atoms with E-state index in [2.05, 4.69) is 11.9 Å². The fourth-order valence-electron chi connectivity index (χ4n) is 2.95. The molecule has 1 aromatic heterocycles. The lowest BCUT2D eigenvalue weighted by Gasteiger charge is -2.33. The molecule has 1 heterocycles. The average Bonchev–Trinajstić information content (AvgIpc) is 2.82. The summed E-state index contributed by atoms with van der Waals surface area (Å²) in [6.45, 7) is 2.26. The fourth-order valence-corrected chi connectivity index (χ4v) is 3.68. The molecule has 0 amide bonds. The lowest BCUT2D eigenvalue weighted by molar-refractivity contribution is 0.267. The number of aromatic nitrogens is 1. The molecule has 17 heavy (non-hydrogen) atoms. The lowest BCUT2D eigenvalue weighted by Crippen LogP contribution is -2.29. The molecule has 94 valence electrons. The van der Waals surface area contributed by atoms with Gasteiger partial charge in [-0.05, 0) is 42.7 Å². The van der Waals surface area contributed by atoms with Gasteiger partial charge in [0, 0.05) is 17.8 Å². The monoisotopic (exact) mass is 271 g/mol. The lowest BCUT2D eigenvalue weighted by atomic mass is 9.78. The predicted molar refractivity (Wildman–Crippen MR) is 73.8 cm³/mol. The molecular formula is C14H19Cl2N. The van der Waals surface area contributed by atoms with Gasteiger partial charge in [0.15, 0.2) is 0 Å². The highest BCUT2D eigenvalue weighted by molar-refractivity contribution is 6.31. The zero-order chi connectivity index (χ0) is 12.3. The first kappa shape index (κ1) is 13.2. The largest absolute Gasteiger partial charge is 0.263 e. The Morgan fingerprint density at radius 1 is 1.41 bits per heavy atom. The van der Waals surface area contributed by atoms with Crippen molar-refractivity contribution in [1.82, 2.24) is 4.98 Å². The van der Waals surface area contributed by atoms with Crippen LogP contribution in [0.2, 0.25) is 5.02 Å². The first-order valence-corrected chi connectivity index (χ1v) is 7.22. The van der Waals surface area contributed by atoms with E-state index in [1.54, 1.807) is 12.4 Å². The van der Waals surface area contributed by atoms with Gasteiger partial charge >= 0.3 is 0 Å². The van der Waals surface area contributed by atoms with Gasteiger partial charge in [0.25, 0.3) is 0 Å². The van der Waals surface area contributed by atoms with E-state index >= 15 is 0 Å². The van der Waals surface area contributed by atoms with Gasteiger partial charge in [-0.3, -0.25) is 4.98 Å². The first-order valence-electron chi connectivity index (χ1n) is 6.40. The maximum absolute atomic E-state index is 6.67. The minimum atomic E-state index is 0.190. The van der Waals surface area contributed by atoms with Gasteiger partial charge in [0.2, 0.25) is 0 Å². The van der Waals surface area contributed by atoms with Gasteiger partial charge in [-0.1, -0.05) is 31.4 Å². The topological polar surface area (TPSA) is 12.9 Å². The Kier molecular flexibility index (Phi) is 4.32. The van der Waals surface area contributed by atoms with Gasteiger partial charge in [0.05, 0.1) is 5.02 Å². The maximum Gasteiger partial charge on any atom is 0.0621 e. The summed E-state index contributed by atoms with van der Waals surface area (Å²) in [5.74, 6) is 0. The van der Waals surface area contributed by atoms with Crippen molar-refractivity contribution in [3.05, 3.63) is 29.0 Å². The summed E-state index contributed by atoms with van der Waals surface area (Å²) in [4.78, 5) is 4.01. The predicted octanol–water partition coefficient (Wildman–Crippen LogP) is 4.86. The van der Waals surface area contributed by atoms with Crippen molar-refractivity contribution in [3.63, 3.8) is 0 Å². The van der Waals surface area contributed by atoms with Crippen molar-refractivity contribution in [2.45, 2.75) is 50.8 Å². The minimum Gasteiger partial charge on any atom is -0.263 e. The minimum absolute atomic E-state index is 0.190. The normalized spacial score (nSPS) is 20.4. The molecule has 0 N–H and O–H groups in total. The molecule has 1 aliphatic rings. The molecular weight excluding hydrogens is 253 g/mol. The fraction of sp³-hybridized carbons (Fsp3) is 0.643. The van der Waals surface area contributed by atoms with Crippen LogP contribution >= 0.6 is 23.2 Å². The van der Waals surface area contributed by atoms with Crippen LogP contribution in [0.25, 0.3) is 0 Å². The van der Waals surface area contributed by atoms with E-state index in [4.69, 9.17) is 23.2 Å². The van der Waals surface area contributed by atoms with Crippen LogP contribution in [0.4, 0.5) is 0 Å². The van der Waals surface area contributed by atoms with Crippen molar-refractivity contribution in [3.8, 4) is 0 Å². The zero-order valence-corrected chi connectivity index (χ0v) is 11.8. The summed E-state index contributed by atoms with van der Waals surface area (Å²) in [5, 5.41) is 0.928. The van der Waals surface area contributed by atoms with Crippen LogP contribution < -0.4 is 0 Å². The van der Waals surface area contributed by atoms with Crippen LogP contribution in [0, 0.1) is 5.41 Å². The number of rotatable bonds is 4. The molecule has 0 aliphatic heterocycles. The molecule has 2 rings (SSSR count). The smallest absolute Gasteiger partial charge is 0.0621 e. The van der Waals surface area contributed by atoms with E-state index in [9.17, 15) is 0 Å². The third-order valence-corrected chi connectivity index (χ3v) is 5.18. The number of hydrogen-bond acceptors (Lipinski definition) is 1. The van der Waals surface area contributed by atoms with E-state index in [0.717, 1.165) is 17.0 Å². The van der Waals surface area contributed by atoms with Gasteiger partial charge < -0.3 is 0 Å². The molecule has 1 nitrogen and oxygen atoms in total. The molecule has 0 spiro atoms. The summed E-state index contributed by atoms with van der Waals surface area (Å²) < 4.78 is 0. The van der Waals surface area contributed by atoms with Crippen LogP contribution in [-0.4, -0.2) is 10.4 Å². The number of nitrogens with zero attached hydrogens (tertiary/aromatic N) is 1. The molecule has 1 unspecified atom stereocenters. The van der Waals surface area contributed by atoms with E-state index in [1.807, 2.05) is 6.07 Å². The van der Waals surface area contributed by atoms with E-state index < -0.39 is 0 Å². The number of halogens is 2. The van der Waals surface area contributed by atoms with Gasteiger partial charge in [-0.2, -0.15) is 0 Å². The molecule has 1 saturated carbocycles. The van der Waals surface area contributed by atoms with Crippen molar-refractivity contribution in [2.24, 2.45) is 5.41 Å². The highest BCUT2D eigenvalue weighted by atomic mass is 35.5. The van der Waals surface area contributed by atoms with Crippen molar-refractivity contribution < 1.29 is 0 Å². The first-order chi connectivity index (χ1) is 8.18. The van der Waals surface area contributed by atoms with Crippen molar-refractivity contribution in [2.75, 3.05) is 0 Å². The highest BCUT2D eigenvalue weighted by Crippen LogP contribution is 2.47. The molecule has 1 fully saturated rings. The Morgan fingerprint density at radius 3 is 2.71 bits per heavy atom. The van der Waals surface area contributed by atoms with Crippen molar-refractivity contribution in [1.29, 1.82) is 0 Å². The SMILES string of the molecule is CCC1(C(Cl)Cc2ccncc2Cl)CCCC1. The van der Waals surface area contributed by atoms with Crippen LogP contribution in [0.5, 0.6) is 0 Å². The third kappa shape index (κ3) is 2.77. The standard InChI is InChI=1S/C14H19Cl2N/c1-2-14(6-3-4-7-14)13(16)9-11-5-8-17-10-12(11)15/h5,8,10,13H,2-4,6-7,9H2,1H3. The van der Waals surface area contributed by atoms with Crippen LogP contribution in [0.15, 0.2) is 18.5 Å². The van der Waals surface area contributed by atoms with Gasteiger partial charge in [-0.15, -0.1) is 11.6 Å². The molecule has 0 aromatic carbocycles. The average molecular weight is 272 g/mol. The summed E-state index contributed by atoms with van der Waals surface area (Å²) in [7, 11) is 0. The Labute approximate surface area is 114 Å². The van der Waals surface area contributed by atoms with Crippen LogP contribution in [0.3, 0.4) is 0 Å². The number of alkyl halides is 1. The summed E-state index contributed by atoms with van der Waals surface area (Å²) in [6, 6.07) is 1.98. The molecule has 0 saturated heterocycles. The van der Waals surface area contributed by atoms with Gasteiger partial charge in [0.1, 0.15) is 0 Å². The second-order valence-corrected chi connectivity index (χ2v) is 6.00.